The Morgan fingerprint density at radius 1 is 1.29 bits per heavy atom. The minimum atomic E-state index is 0.0477. The van der Waals surface area contributed by atoms with Crippen molar-refractivity contribution in [3.63, 3.8) is 0 Å². The minimum Gasteiger partial charge on any atom is -0.348 e. The average Bonchev–Trinajstić information content (AvgIpc) is 2.30. The molecule has 0 radical (unpaired) electrons. The molecule has 17 heavy (non-hydrogen) atoms. The summed E-state index contributed by atoms with van der Waals surface area (Å²) in [6, 6.07) is 8.30. The lowest BCUT2D eigenvalue weighted by Crippen LogP contribution is -2.35. The molecular formula is C14H22N2O. The maximum Gasteiger partial charge on any atom is 0.234 e. The van der Waals surface area contributed by atoms with Crippen LogP contribution in [0.15, 0.2) is 24.3 Å². The molecule has 1 unspecified atom stereocenters. The molecule has 1 amide bonds. The summed E-state index contributed by atoms with van der Waals surface area (Å²) >= 11 is 0. The molecule has 2 N–H and O–H groups in total. The predicted octanol–water partition coefficient (Wildman–Crippen LogP) is 2.17. The van der Waals surface area contributed by atoms with Crippen molar-refractivity contribution in [2.24, 2.45) is 0 Å². The highest BCUT2D eigenvalue weighted by Crippen LogP contribution is 2.12. The van der Waals surface area contributed by atoms with Gasteiger partial charge in [0.1, 0.15) is 0 Å². The molecule has 3 nitrogen and oxygen atoms in total. The van der Waals surface area contributed by atoms with Gasteiger partial charge in [-0.25, -0.2) is 0 Å². The maximum absolute atomic E-state index is 11.6. The molecule has 94 valence electrons. The number of hydrogen-bond donors (Lipinski definition) is 2. The van der Waals surface area contributed by atoms with E-state index in [4.69, 9.17) is 0 Å². The van der Waals surface area contributed by atoms with Crippen molar-refractivity contribution < 1.29 is 4.79 Å². The zero-order chi connectivity index (χ0) is 12.7. The zero-order valence-electron chi connectivity index (χ0n) is 10.9. The standard InChI is InChI=1S/C14H22N2O/c1-4-9-15-10-14(17)16-12(3)13-7-5-11(2)6-8-13/h5-8,12,15H,4,9-10H2,1-3H3,(H,16,17). The second-order valence-corrected chi connectivity index (χ2v) is 4.38. The molecule has 1 aromatic carbocycles. The van der Waals surface area contributed by atoms with E-state index in [1.807, 2.05) is 6.92 Å². The third-order valence-electron chi connectivity index (χ3n) is 2.67. The molecular weight excluding hydrogens is 212 g/mol. The van der Waals surface area contributed by atoms with Gasteiger partial charge in [0.05, 0.1) is 12.6 Å². The molecule has 0 aliphatic rings. The summed E-state index contributed by atoms with van der Waals surface area (Å²) in [5.74, 6) is 0.0477. The zero-order valence-corrected chi connectivity index (χ0v) is 10.9. The Morgan fingerprint density at radius 3 is 2.53 bits per heavy atom. The number of amides is 1. The number of rotatable bonds is 6. The van der Waals surface area contributed by atoms with Crippen LogP contribution in [0.5, 0.6) is 0 Å². The molecule has 1 atom stereocenters. The van der Waals surface area contributed by atoms with E-state index in [0.717, 1.165) is 18.5 Å². The molecule has 1 aromatic rings. The summed E-state index contributed by atoms with van der Waals surface area (Å²) in [6.07, 6.45) is 1.04. The highest BCUT2D eigenvalue weighted by Gasteiger charge is 2.08. The van der Waals surface area contributed by atoms with E-state index in [9.17, 15) is 4.79 Å². The molecule has 0 fully saturated rings. The summed E-state index contributed by atoms with van der Waals surface area (Å²) < 4.78 is 0. The first-order chi connectivity index (χ1) is 8.13. The van der Waals surface area contributed by atoms with E-state index < -0.39 is 0 Å². The first-order valence-electron chi connectivity index (χ1n) is 6.20. The Morgan fingerprint density at radius 2 is 1.94 bits per heavy atom. The van der Waals surface area contributed by atoms with E-state index in [2.05, 4.69) is 48.7 Å². The second kappa shape index (κ2) is 7.07. The van der Waals surface area contributed by atoms with Crippen molar-refractivity contribution in [3.8, 4) is 0 Å². The van der Waals surface area contributed by atoms with Crippen molar-refractivity contribution >= 4 is 5.91 Å². The quantitative estimate of drug-likeness (QED) is 0.741. The van der Waals surface area contributed by atoms with Crippen LogP contribution in [-0.2, 0) is 4.79 Å². The summed E-state index contributed by atoms with van der Waals surface area (Å²) in [6.45, 7) is 7.42. The van der Waals surface area contributed by atoms with Gasteiger partial charge in [-0.2, -0.15) is 0 Å². The maximum atomic E-state index is 11.6. The van der Waals surface area contributed by atoms with Gasteiger partial charge >= 0.3 is 0 Å². The van der Waals surface area contributed by atoms with Gasteiger partial charge in [0, 0.05) is 0 Å². The second-order valence-electron chi connectivity index (χ2n) is 4.38. The molecule has 0 heterocycles. The van der Waals surface area contributed by atoms with Crippen LogP contribution in [0.1, 0.15) is 37.4 Å². The van der Waals surface area contributed by atoms with E-state index in [1.54, 1.807) is 0 Å². The van der Waals surface area contributed by atoms with E-state index in [1.165, 1.54) is 5.56 Å². The predicted molar refractivity (Wildman–Crippen MR) is 70.9 cm³/mol. The molecule has 0 spiro atoms. The molecule has 1 rings (SSSR count). The highest BCUT2D eigenvalue weighted by atomic mass is 16.1. The van der Waals surface area contributed by atoms with Gasteiger partial charge in [-0.15, -0.1) is 0 Å². The van der Waals surface area contributed by atoms with Gasteiger partial charge < -0.3 is 10.6 Å². The van der Waals surface area contributed by atoms with Crippen molar-refractivity contribution in [2.75, 3.05) is 13.1 Å². The molecule has 0 aromatic heterocycles. The van der Waals surface area contributed by atoms with Crippen LogP contribution in [0.4, 0.5) is 0 Å². The van der Waals surface area contributed by atoms with E-state index in [0.29, 0.717) is 6.54 Å². The van der Waals surface area contributed by atoms with Gasteiger partial charge in [0.15, 0.2) is 0 Å². The van der Waals surface area contributed by atoms with E-state index in [-0.39, 0.29) is 11.9 Å². The van der Waals surface area contributed by atoms with Crippen molar-refractivity contribution in [1.82, 2.24) is 10.6 Å². The number of benzene rings is 1. The van der Waals surface area contributed by atoms with Crippen LogP contribution in [0.25, 0.3) is 0 Å². The van der Waals surface area contributed by atoms with Gasteiger partial charge in [-0.05, 0) is 32.4 Å². The molecule has 0 saturated heterocycles. The lowest BCUT2D eigenvalue weighted by Gasteiger charge is -2.14. The normalized spacial score (nSPS) is 12.2. The molecule has 0 saturated carbocycles. The lowest BCUT2D eigenvalue weighted by molar-refractivity contribution is -0.120. The number of carbonyl (C=O) groups is 1. The largest absolute Gasteiger partial charge is 0.348 e. The van der Waals surface area contributed by atoms with Crippen LogP contribution in [-0.4, -0.2) is 19.0 Å². The fraction of sp³-hybridized carbons (Fsp3) is 0.500. The monoisotopic (exact) mass is 234 g/mol. The highest BCUT2D eigenvalue weighted by molar-refractivity contribution is 5.78. The summed E-state index contributed by atoms with van der Waals surface area (Å²) in [5, 5.41) is 6.06. The first kappa shape index (κ1) is 13.7. The third kappa shape index (κ3) is 5.00. The van der Waals surface area contributed by atoms with Crippen LogP contribution in [0, 0.1) is 6.92 Å². The topological polar surface area (TPSA) is 41.1 Å². The fourth-order valence-electron chi connectivity index (χ4n) is 1.61. The molecule has 3 heteroatoms. The molecule has 0 aliphatic heterocycles. The molecule has 0 bridgehead atoms. The van der Waals surface area contributed by atoms with Gasteiger partial charge in [-0.1, -0.05) is 36.8 Å². The number of nitrogens with one attached hydrogen (secondary N) is 2. The molecule has 0 aliphatic carbocycles. The smallest absolute Gasteiger partial charge is 0.234 e. The van der Waals surface area contributed by atoms with Crippen LogP contribution in [0.2, 0.25) is 0 Å². The van der Waals surface area contributed by atoms with Crippen molar-refractivity contribution in [3.05, 3.63) is 35.4 Å². The average molecular weight is 234 g/mol. The SMILES string of the molecule is CCCNCC(=O)NC(C)c1ccc(C)cc1. The fourth-order valence-corrected chi connectivity index (χ4v) is 1.61. The van der Waals surface area contributed by atoms with Crippen molar-refractivity contribution in [2.45, 2.75) is 33.2 Å². The van der Waals surface area contributed by atoms with Crippen LogP contribution < -0.4 is 10.6 Å². The Bertz CT molecular complexity index is 346. The Balaban J connectivity index is 2.40. The Labute approximate surface area is 104 Å². The first-order valence-corrected chi connectivity index (χ1v) is 6.20. The van der Waals surface area contributed by atoms with Gasteiger partial charge in [0.2, 0.25) is 5.91 Å². The minimum absolute atomic E-state index is 0.0477. The lowest BCUT2D eigenvalue weighted by atomic mass is 10.1. The van der Waals surface area contributed by atoms with E-state index >= 15 is 0 Å². The Hall–Kier alpha value is -1.35. The van der Waals surface area contributed by atoms with Crippen LogP contribution in [0.3, 0.4) is 0 Å². The van der Waals surface area contributed by atoms with Crippen molar-refractivity contribution in [1.29, 1.82) is 0 Å². The Kier molecular flexibility index (Phi) is 5.70. The van der Waals surface area contributed by atoms with Gasteiger partial charge in [-0.3, -0.25) is 4.79 Å². The number of aryl methyl sites for hydroxylation is 1. The number of carbonyl (C=O) groups excluding carboxylic acids is 1. The number of hydrogen-bond acceptors (Lipinski definition) is 2. The third-order valence-corrected chi connectivity index (χ3v) is 2.67. The summed E-state index contributed by atoms with van der Waals surface area (Å²) in [7, 11) is 0. The summed E-state index contributed by atoms with van der Waals surface area (Å²) in [4.78, 5) is 11.6. The van der Waals surface area contributed by atoms with Gasteiger partial charge in [0.25, 0.3) is 0 Å². The van der Waals surface area contributed by atoms with Crippen LogP contribution >= 0.6 is 0 Å². The summed E-state index contributed by atoms with van der Waals surface area (Å²) in [5.41, 5.74) is 2.37.